The topological polar surface area (TPSA) is 44.5 Å². The van der Waals surface area contributed by atoms with Gasteiger partial charge in [0, 0.05) is 6.07 Å². The number of benzene rings is 2. The van der Waals surface area contributed by atoms with Crippen molar-refractivity contribution in [2.24, 2.45) is 0 Å². The Bertz CT molecular complexity index is 596. The Morgan fingerprint density at radius 1 is 0.850 bits per heavy atom. The van der Waals surface area contributed by atoms with Gasteiger partial charge in [0.25, 0.3) is 0 Å². The Kier molecular flexibility index (Phi) is 3.69. The van der Waals surface area contributed by atoms with E-state index in [1.54, 1.807) is 0 Å². The van der Waals surface area contributed by atoms with E-state index in [-0.39, 0.29) is 22.9 Å². The molecule has 2 aromatic carbocycles. The fourth-order valence-electron chi connectivity index (χ4n) is 1.43. The van der Waals surface area contributed by atoms with Crippen LogP contribution in [0, 0.1) is 5.82 Å². The van der Waals surface area contributed by atoms with Crippen LogP contribution < -0.4 is 15.2 Å². The van der Waals surface area contributed by atoms with Gasteiger partial charge in [-0.05, 0) is 36.4 Å². The monoisotopic (exact) mass is 287 g/mol. The minimum Gasteiger partial charge on any atom is -0.457 e. The van der Waals surface area contributed by atoms with Gasteiger partial charge in [0.15, 0.2) is 0 Å². The van der Waals surface area contributed by atoms with Gasteiger partial charge < -0.3 is 15.2 Å². The average molecular weight is 287 g/mol. The average Bonchev–Trinajstić information content (AvgIpc) is 2.35. The summed E-state index contributed by atoms with van der Waals surface area (Å²) >= 11 is 0. The summed E-state index contributed by atoms with van der Waals surface area (Å²) in [6.45, 7) is 0. The van der Waals surface area contributed by atoms with Crippen molar-refractivity contribution in [1.29, 1.82) is 0 Å². The Morgan fingerprint density at radius 3 is 1.95 bits per heavy atom. The predicted molar refractivity (Wildman–Crippen MR) is 64.0 cm³/mol. The zero-order valence-electron chi connectivity index (χ0n) is 9.95. The molecular weight excluding hydrogens is 278 g/mol. The highest BCUT2D eigenvalue weighted by Gasteiger charge is 2.30. The molecule has 0 amide bonds. The highest BCUT2D eigenvalue weighted by molar-refractivity contribution is 5.46. The third-order valence-electron chi connectivity index (χ3n) is 2.26. The van der Waals surface area contributed by atoms with E-state index in [9.17, 15) is 17.6 Å². The van der Waals surface area contributed by atoms with E-state index in [4.69, 9.17) is 10.5 Å². The van der Waals surface area contributed by atoms with E-state index in [0.717, 1.165) is 18.2 Å². The molecule has 0 aliphatic rings. The lowest BCUT2D eigenvalue weighted by Crippen LogP contribution is -2.16. The van der Waals surface area contributed by atoms with Gasteiger partial charge >= 0.3 is 6.36 Å². The molecule has 0 aliphatic carbocycles. The summed E-state index contributed by atoms with van der Waals surface area (Å²) in [5.41, 5.74) is 5.28. The van der Waals surface area contributed by atoms with E-state index in [1.165, 1.54) is 24.3 Å². The molecule has 7 heteroatoms. The molecule has 0 atom stereocenters. The van der Waals surface area contributed by atoms with Crippen LogP contribution in [0.25, 0.3) is 0 Å². The van der Waals surface area contributed by atoms with Crippen molar-refractivity contribution in [1.82, 2.24) is 0 Å². The molecule has 0 aromatic heterocycles. The molecule has 0 unspecified atom stereocenters. The fraction of sp³-hybridized carbons (Fsp3) is 0.0769. The lowest BCUT2D eigenvalue weighted by molar-refractivity contribution is -0.274. The van der Waals surface area contributed by atoms with E-state index in [1.807, 2.05) is 0 Å². The fourth-order valence-corrected chi connectivity index (χ4v) is 1.43. The second-order valence-electron chi connectivity index (χ2n) is 3.80. The number of ether oxygens (including phenoxy) is 2. The van der Waals surface area contributed by atoms with Gasteiger partial charge in [-0.1, -0.05) is 0 Å². The van der Waals surface area contributed by atoms with E-state index in [2.05, 4.69) is 4.74 Å². The molecule has 106 valence electrons. The van der Waals surface area contributed by atoms with Crippen molar-refractivity contribution in [2.45, 2.75) is 6.36 Å². The summed E-state index contributed by atoms with van der Waals surface area (Å²) < 4.78 is 57.9. The molecule has 0 spiro atoms. The number of hydrogen-bond acceptors (Lipinski definition) is 3. The molecule has 0 saturated carbocycles. The first-order chi connectivity index (χ1) is 9.33. The van der Waals surface area contributed by atoms with Crippen LogP contribution in [-0.2, 0) is 0 Å². The predicted octanol–water partition coefficient (Wildman–Crippen LogP) is 4.10. The number of anilines is 1. The zero-order chi connectivity index (χ0) is 14.8. The third-order valence-corrected chi connectivity index (χ3v) is 2.26. The first-order valence-electron chi connectivity index (χ1n) is 5.42. The van der Waals surface area contributed by atoms with Crippen molar-refractivity contribution >= 4 is 5.69 Å². The second kappa shape index (κ2) is 5.28. The van der Waals surface area contributed by atoms with E-state index in [0.29, 0.717) is 0 Å². The molecule has 0 saturated heterocycles. The van der Waals surface area contributed by atoms with Gasteiger partial charge in [0.1, 0.15) is 23.1 Å². The number of halogens is 4. The van der Waals surface area contributed by atoms with Crippen molar-refractivity contribution in [3.63, 3.8) is 0 Å². The summed E-state index contributed by atoms with van der Waals surface area (Å²) in [5.74, 6) is -0.395. The molecule has 0 radical (unpaired) electrons. The van der Waals surface area contributed by atoms with Crippen LogP contribution in [-0.4, -0.2) is 6.36 Å². The van der Waals surface area contributed by atoms with Crippen LogP contribution in [0.4, 0.5) is 23.2 Å². The van der Waals surface area contributed by atoms with Crippen molar-refractivity contribution in [3.8, 4) is 17.2 Å². The molecule has 0 aliphatic heterocycles. The normalized spacial score (nSPS) is 11.2. The van der Waals surface area contributed by atoms with E-state index < -0.39 is 12.2 Å². The zero-order valence-corrected chi connectivity index (χ0v) is 9.95. The van der Waals surface area contributed by atoms with Gasteiger partial charge in [0.2, 0.25) is 0 Å². The maximum Gasteiger partial charge on any atom is 0.573 e. The van der Waals surface area contributed by atoms with Crippen LogP contribution in [0.3, 0.4) is 0 Å². The van der Waals surface area contributed by atoms with Gasteiger partial charge in [-0.3, -0.25) is 0 Å². The Morgan fingerprint density at radius 2 is 1.40 bits per heavy atom. The summed E-state index contributed by atoms with van der Waals surface area (Å²) in [7, 11) is 0. The quantitative estimate of drug-likeness (QED) is 0.682. The maximum atomic E-state index is 12.9. The van der Waals surface area contributed by atoms with Crippen molar-refractivity contribution in [2.75, 3.05) is 5.73 Å². The highest BCUT2D eigenvalue weighted by atomic mass is 19.4. The lowest BCUT2D eigenvalue weighted by Gasteiger charge is -2.10. The number of hydrogen-bond donors (Lipinski definition) is 1. The molecule has 3 nitrogen and oxygen atoms in total. The maximum absolute atomic E-state index is 12.9. The number of nitrogens with two attached hydrogens (primary N) is 1. The SMILES string of the molecule is Nc1cc(Oc2ccc(OC(F)(F)F)cc2)ccc1F. The molecule has 0 fully saturated rings. The van der Waals surface area contributed by atoms with Crippen LogP contribution in [0.2, 0.25) is 0 Å². The van der Waals surface area contributed by atoms with Gasteiger partial charge in [0.05, 0.1) is 5.69 Å². The highest BCUT2D eigenvalue weighted by Crippen LogP contribution is 2.28. The summed E-state index contributed by atoms with van der Waals surface area (Å²) in [6, 6.07) is 8.56. The summed E-state index contributed by atoms with van der Waals surface area (Å²) in [6.07, 6.45) is -4.74. The Balaban J connectivity index is 2.08. The van der Waals surface area contributed by atoms with Crippen LogP contribution in [0.15, 0.2) is 42.5 Å². The first-order valence-corrected chi connectivity index (χ1v) is 5.42. The molecule has 2 rings (SSSR count). The Labute approximate surface area is 111 Å². The molecular formula is C13H9F4NO2. The summed E-state index contributed by atoms with van der Waals surface area (Å²) in [5, 5.41) is 0. The number of nitrogen functional groups attached to an aromatic ring is 1. The van der Waals surface area contributed by atoms with Gasteiger partial charge in [-0.25, -0.2) is 4.39 Å². The van der Waals surface area contributed by atoms with Crippen LogP contribution in [0.5, 0.6) is 17.2 Å². The van der Waals surface area contributed by atoms with Crippen molar-refractivity contribution < 1.29 is 27.0 Å². The standard InChI is InChI=1S/C13H9F4NO2/c14-11-6-5-10(7-12(11)18)19-8-1-3-9(4-2-8)20-13(15,16)17/h1-7H,18H2. The van der Waals surface area contributed by atoms with Crippen molar-refractivity contribution in [3.05, 3.63) is 48.3 Å². The Hall–Kier alpha value is -2.44. The minimum absolute atomic E-state index is 0.0838. The molecule has 2 aromatic rings. The molecule has 0 bridgehead atoms. The molecule has 20 heavy (non-hydrogen) atoms. The first kappa shape index (κ1) is 14.0. The van der Waals surface area contributed by atoms with Crippen LogP contribution in [0.1, 0.15) is 0 Å². The van der Waals surface area contributed by atoms with E-state index >= 15 is 0 Å². The molecule has 2 N–H and O–H groups in total. The minimum atomic E-state index is -4.74. The summed E-state index contributed by atoms with van der Waals surface area (Å²) in [4.78, 5) is 0. The largest absolute Gasteiger partial charge is 0.573 e. The third kappa shape index (κ3) is 3.78. The number of alkyl halides is 3. The van der Waals surface area contributed by atoms with Crippen LogP contribution >= 0.6 is 0 Å². The molecule has 0 heterocycles. The second-order valence-corrected chi connectivity index (χ2v) is 3.80. The smallest absolute Gasteiger partial charge is 0.457 e. The van der Waals surface area contributed by atoms with Gasteiger partial charge in [-0.15, -0.1) is 13.2 Å². The lowest BCUT2D eigenvalue weighted by atomic mass is 10.3. The van der Waals surface area contributed by atoms with Gasteiger partial charge in [-0.2, -0.15) is 0 Å². The number of rotatable bonds is 3.